The second-order valence-electron chi connectivity index (χ2n) is 7.94. The van der Waals surface area contributed by atoms with Crippen molar-refractivity contribution in [3.63, 3.8) is 0 Å². The van der Waals surface area contributed by atoms with Gasteiger partial charge in [-0.1, -0.05) is 37.6 Å². The molecule has 1 aromatic carbocycles. The van der Waals surface area contributed by atoms with Gasteiger partial charge in [0.05, 0.1) is 6.04 Å². The summed E-state index contributed by atoms with van der Waals surface area (Å²) in [4.78, 5) is 30.5. The molecule has 160 valence electrons. The molecule has 2 heterocycles. The van der Waals surface area contributed by atoms with Crippen molar-refractivity contribution in [1.82, 2.24) is 9.80 Å². The minimum Gasteiger partial charge on any atom is -0.491 e. The molecule has 1 aromatic heterocycles. The lowest BCUT2D eigenvalue weighted by Gasteiger charge is -2.37. The molecule has 0 unspecified atom stereocenters. The van der Waals surface area contributed by atoms with Gasteiger partial charge in [-0.25, -0.2) is 0 Å². The molecule has 1 atom stereocenters. The molecule has 0 fully saturated rings. The summed E-state index contributed by atoms with van der Waals surface area (Å²) in [5.41, 5.74) is 2.33. The van der Waals surface area contributed by atoms with Crippen LogP contribution in [0.3, 0.4) is 0 Å². The van der Waals surface area contributed by atoms with Gasteiger partial charge in [-0.05, 0) is 42.5 Å². The molecule has 0 saturated carbocycles. The Morgan fingerprint density at radius 2 is 2.03 bits per heavy atom. The first-order chi connectivity index (χ1) is 14.4. The first-order valence-corrected chi connectivity index (χ1v) is 11.2. The predicted octanol–water partition coefficient (Wildman–Crippen LogP) is 4.23. The highest BCUT2D eigenvalue weighted by Gasteiger charge is 2.33. The van der Waals surface area contributed by atoms with Crippen LogP contribution in [0.2, 0.25) is 0 Å². The van der Waals surface area contributed by atoms with Gasteiger partial charge in [0, 0.05) is 23.9 Å². The molecule has 0 saturated heterocycles. The molecule has 5 nitrogen and oxygen atoms in total. The summed E-state index contributed by atoms with van der Waals surface area (Å²) in [5, 5.41) is 2.07. The van der Waals surface area contributed by atoms with E-state index in [1.165, 1.54) is 10.4 Å². The Morgan fingerprint density at radius 3 is 2.70 bits per heavy atom. The molecule has 0 N–H and O–H groups in total. The average Bonchev–Trinajstić information content (AvgIpc) is 3.21. The Balaban J connectivity index is 1.77. The van der Waals surface area contributed by atoms with Gasteiger partial charge in [-0.15, -0.1) is 17.9 Å². The number of nitrogens with zero attached hydrogens (tertiary/aromatic N) is 2. The SMILES string of the molecule is C=CCN(CC(=O)N1CCc2sccc2[C@@H]1COc1ccc(C)cc1)C(=O)C(C)C. The third kappa shape index (κ3) is 5.11. The quantitative estimate of drug-likeness (QED) is 0.594. The molecule has 0 bridgehead atoms. The van der Waals surface area contributed by atoms with Gasteiger partial charge >= 0.3 is 0 Å². The molecule has 1 aliphatic rings. The van der Waals surface area contributed by atoms with Gasteiger partial charge < -0.3 is 14.5 Å². The largest absolute Gasteiger partial charge is 0.491 e. The summed E-state index contributed by atoms with van der Waals surface area (Å²) in [6.07, 6.45) is 2.50. The summed E-state index contributed by atoms with van der Waals surface area (Å²) >= 11 is 1.73. The van der Waals surface area contributed by atoms with Crippen molar-refractivity contribution in [2.75, 3.05) is 26.2 Å². The Bertz CT molecular complexity index is 888. The van der Waals surface area contributed by atoms with E-state index in [0.717, 1.165) is 17.7 Å². The monoisotopic (exact) mass is 426 g/mol. The summed E-state index contributed by atoms with van der Waals surface area (Å²) in [7, 11) is 0. The molecular weight excluding hydrogens is 396 g/mol. The second kappa shape index (κ2) is 9.94. The molecule has 2 amide bonds. The van der Waals surface area contributed by atoms with E-state index in [4.69, 9.17) is 4.74 Å². The number of hydrogen-bond donors (Lipinski definition) is 0. The number of fused-ring (bicyclic) bond motifs is 1. The summed E-state index contributed by atoms with van der Waals surface area (Å²) in [6.45, 7) is 10.9. The van der Waals surface area contributed by atoms with Gasteiger partial charge in [-0.3, -0.25) is 9.59 Å². The van der Waals surface area contributed by atoms with Crippen LogP contribution in [0.5, 0.6) is 5.75 Å². The number of carbonyl (C=O) groups excluding carboxylic acids is 2. The third-order valence-corrected chi connectivity index (χ3v) is 6.32. The summed E-state index contributed by atoms with van der Waals surface area (Å²) < 4.78 is 6.06. The minimum absolute atomic E-state index is 0.0380. The standard InChI is InChI=1S/C24H30N2O3S/c1-5-12-25(24(28)17(2)3)15-23(27)26-13-10-22-20(11-14-30-22)21(26)16-29-19-8-6-18(4)7-9-19/h5-9,11,14,17,21H,1,10,12-13,15-16H2,2-4H3/t21-/m0/s1. The van der Waals surface area contributed by atoms with Crippen molar-refractivity contribution < 1.29 is 14.3 Å². The lowest BCUT2D eigenvalue weighted by molar-refractivity contribution is -0.143. The smallest absolute Gasteiger partial charge is 0.242 e. The van der Waals surface area contributed by atoms with Gasteiger partial charge in [0.2, 0.25) is 11.8 Å². The Hall–Kier alpha value is -2.60. The summed E-state index contributed by atoms with van der Waals surface area (Å²) in [6, 6.07) is 9.86. The zero-order valence-electron chi connectivity index (χ0n) is 18.0. The van der Waals surface area contributed by atoms with Gasteiger partial charge in [0.15, 0.2) is 0 Å². The Kier molecular flexibility index (Phi) is 7.32. The van der Waals surface area contributed by atoms with Crippen molar-refractivity contribution in [2.45, 2.75) is 33.2 Å². The lowest BCUT2D eigenvalue weighted by Crippen LogP contribution is -2.48. The van der Waals surface area contributed by atoms with Crippen LogP contribution in [0.15, 0.2) is 48.4 Å². The van der Waals surface area contributed by atoms with Crippen molar-refractivity contribution in [2.24, 2.45) is 5.92 Å². The number of aryl methyl sites for hydroxylation is 1. The van der Waals surface area contributed by atoms with E-state index in [1.807, 2.05) is 49.9 Å². The molecule has 0 radical (unpaired) electrons. The van der Waals surface area contributed by atoms with E-state index in [1.54, 1.807) is 22.3 Å². The zero-order valence-corrected chi connectivity index (χ0v) is 18.8. The summed E-state index contributed by atoms with van der Waals surface area (Å²) in [5.74, 6) is 0.533. The minimum atomic E-state index is -0.164. The first kappa shape index (κ1) is 22.1. The lowest BCUT2D eigenvalue weighted by atomic mass is 10.00. The fourth-order valence-electron chi connectivity index (χ4n) is 3.69. The highest BCUT2D eigenvalue weighted by Crippen LogP contribution is 2.34. The number of carbonyl (C=O) groups is 2. The van der Waals surface area contributed by atoms with E-state index in [2.05, 4.69) is 18.0 Å². The van der Waals surface area contributed by atoms with Gasteiger partial charge in [0.25, 0.3) is 0 Å². The van der Waals surface area contributed by atoms with E-state index < -0.39 is 0 Å². The Morgan fingerprint density at radius 1 is 1.30 bits per heavy atom. The molecule has 3 rings (SSSR count). The molecule has 6 heteroatoms. The Labute approximate surface area is 182 Å². The van der Waals surface area contributed by atoms with Gasteiger partial charge in [0.1, 0.15) is 18.9 Å². The zero-order chi connectivity index (χ0) is 21.7. The number of benzene rings is 1. The number of rotatable bonds is 8. The molecule has 0 aliphatic carbocycles. The third-order valence-electron chi connectivity index (χ3n) is 5.33. The van der Waals surface area contributed by atoms with Crippen molar-refractivity contribution in [3.05, 3.63) is 64.4 Å². The number of thiophene rings is 1. The van der Waals surface area contributed by atoms with Crippen molar-refractivity contribution >= 4 is 23.2 Å². The average molecular weight is 427 g/mol. The highest BCUT2D eigenvalue weighted by atomic mass is 32.1. The number of amides is 2. The van der Waals surface area contributed by atoms with Crippen LogP contribution in [0, 0.1) is 12.8 Å². The predicted molar refractivity (Wildman–Crippen MR) is 121 cm³/mol. The van der Waals surface area contributed by atoms with Crippen LogP contribution in [0.4, 0.5) is 0 Å². The van der Waals surface area contributed by atoms with Crippen LogP contribution < -0.4 is 4.74 Å². The van der Waals surface area contributed by atoms with Crippen molar-refractivity contribution in [3.8, 4) is 5.75 Å². The van der Waals surface area contributed by atoms with Crippen LogP contribution in [-0.2, 0) is 16.0 Å². The number of ether oxygens (including phenoxy) is 1. The fraction of sp³-hybridized carbons (Fsp3) is 0.417. The molecule has 0 spiro atoms. The van der Waals surface area contributed by atoms with E-state index in [0.29, 0.717) is 19.7 Å². The van der Waals surface area contributed by atoms with Crippen LogP contribution in [0.1, 0.15) is 35.9 Å². The van der Waals surface area contributed by atoms with Crippen LogP contribution in [-0.4, -0.2) is 47.9 Å². The van der Waals surface area contributed by atoms with E-state index in [-0.39, 0.29) is 30.3 Å². The first-order valence-electron chi connectivity index (χ1n) is 10.4. The normalized spacial score (nSPS) is 15.6. The topological polar surface area (TPSA) is 49.9 Å². The van der Waals surface area contributed by atoms with Gasteiger partial charge in [-0.2, -0.15) is 0 Å². The maximum absolute atomic E-state index is 13.3. The molecule has 1 aliphatic heterocycles. The van der Waals surface area contributed by atoms with E-state index >= 15 is 0 Å². The maximum atomic E-state index is 13.3. The van der Waals surface area contributed by atoms with E-state index in [9.17, 15) is 9.59 Å². The molecule has 2 aromatic rings. The highest BCUT2D eigenvalue weighted by molar-refractivity contribution is 7.10. The van der Waals surface area contributed by atoms with Crippen molar-refractivity contribution in [1.29, 1.82) is 0 Å². The maximum Gasteiger partial charge on any atom is 0.242 e. The van der Waals surface area contributed by atoms with Crippen LogP contribution in [0.25, 0.3) is 0 Å². The molecular formula is C24H30N2O3S. The number of hydrogen-bond acceptors (Lipinski definition) is 4. The second-order valence-corrected chi connectivity index (χ2v) is 8.94. The fourth-order valence-corrected chi connectivity index (χ4v) is 4.62. The molecule has 30 heavy (non-hydrogen) atoms. The van der Waals surface area contributed by atoms with Crippen LogP contribution >= 0.6 is 11.3 Å².